The summed E-state index contributed by atoms with van der Waals surface area (Å²) in [6, 6.07) is 10.2. The van der Waals surface area contributed by atoms with E-state index in [-0.39, 0.29) is 101 Å². The number of anilines is 3. The van der Waals surface area contributed by atoms with Crippen molar-refractivity contribution in [1.82, 2.24) is 28.9 Å². The van der Waals surface area contributed by atoms with Crippen LogP contribution in [-0.4, -0.2) is 189 Å². The molecule has 6 fully saturated rings. The van der Waals surface area contributed by atoms with Crippen LogP contribution in [0.4, 0.5) is 26.7 Å². The van der Waals surface area contributed by atoms with Gasteiger partial charge in [-0.25, -0.2) is 40.1 Å². The number of nitrogens with two attached hydrogens (primary N) is 1. The molecule has 6 N–H and O–H groups in total. The van der Waals surface area contributed by atoms with Crippen LogP contribution in [0.2, 0.25) is 0 Å². The Morgan fingerprint density at radius 3 is 1.22 bits per heavy atom. The second-order valence-electron chi connectivity index (χ2n) is 32.8. The molecule has 3 aromatic rings. The molecule has 6 aliphatic heterocycles. The number of hydrogen-bond donors (Lipinski definition) is 5. The number of amides is 6. The van der Waals surface area contributed by atoms with Gasteiger partial charge in [-0.3, -0.25) is 39.2 Å². The Hall–Kier alpha value is -6.82. The Bertz CT molecular complexity index is 4650. The number of carbonyl (C=O) groups is 5. The monoisotopic (exact) mass is 1770 g/mol. The molecule has 3 aromatic carbocycles. The van der Waals surface area contributed by atoms with Crippen molar-refractivity contribution in [1.29, 1.82) is 5.26 Å². The van der Waals surface area contributed by atoms with Gasteiger partial charge in [0.15, 0.2) is 0 Å². The zero-order chi connectivity index (χ0) is 85.6. The normalized spacial score (nSPS) is 23.1. The zero-order valence-electron chi connectivity index (χ0n) is 70.7. The molecule has 6 heterocycles. The molecule has 0 bridgehead atoms. The first-order valence-corrected chi connectivity index (χ1v) is 45.0. The molecule has 638 valence electrons. The third-order valence-corrected chi connectivity index (χ3v) is 29.2. The van der Waals surface area contributed by atoms with E-state index in [9.17, 15) is 49.2 Å². The maximum absolute atomic E-state index is 13.2. The van der Waals surface area contributed by atoms with E-state index in [0.29, 0.717) is 104 Å². The van der Waals surface area contributed by atoms with Gasteiger partial charge in [0, 0.05) is 141 Å². The standard InChI is InChI=1S/C26H37N5O5S.C25H36N4O4S.C16H25N3O3S.C14H20BrNO3.CHNO.K/c1-17-5-7-19(8-6-17)23-28-24(32)26(29-23)10-12-31(13-11-26)37(34,35)14-9-21-18(2)15-20(16-22(21)36-4)30(3)25(27)33;1-17-5-7-19(8-6-17)23-27-24(30)25(28-23)10-12-29(13-11-25)34(31,32)14-9-21-18(2)15-20(26-3)16-22(21)33-4;1-3-23(21,22)19-10-8-16(9-11-19)15(20)17-14(18-16)13-6-4-12(2)5-7-13;1-9-7-10(8-11(18-6)12(9)15)16(5)13(17)19-14(2,3)4;2-1-3;/h9,14-17,19H,5-8,10-13H2,1-4H3,(H2,27,33)(H,28,29,32);9,14-17,19,26H,5-8,10-13H2,1-4H3,(H,27,28,30);3,12-13H,1,4-11H2,2H3,(H,17,18,20);7-8H,1-6H3;3H;/q;;;;;+1/p-1/b2*14-9+;;;;. The number of ether oxygens (including phenoxy) is 4. The number of nitrogens with one attached hydrogen (secondary N) is 4. The first kappa shape index (κ1) is 97.3. The third kappa shape index (κ3) is 24.5. The number of rotatable bonds is 17. The van der Waals surface area contributed by atoms with Crippen molar-refractivity contribution < 1.29 is 125 Å². The molecule has 3 saturated heterocycles. The maximum Gasteiger partial charge on any atom is 1.00 e. The molecule has 30 nitrogen and oxygen atoms in total. The van der Waals surface area contributed by atoms with Gasteiger partial charge in [0.05, 0.1) is 31.5 Å². The van der Waals surface area contributed by atoms with Gasteiger partial charge in [-0.2, -0.15) is 12.9 Å². The number of primary amides is 1. The summed E-state index contributed by atoms with van der Waals surface area (Å²) in [4.78, 5) is 79.0. The number of nitrogens with zero attached hydrogens (tertiary/aromatic N) is 9. The molecule has 12 rings (SSSR count). The molecule has 3 spiro atoms. The first-order valence-electron chi connectivity index (χ1n) is 39.7. The summed E-state index contributed by atoms with van der Waals surface area (Å²) in [7, 11) is -1.09. The van der Waals surface area contributed by atoms with Crippen molar-refractivity contribution >= 4 is 123 Å². The molecule has 6 amide bonds. The number of benzene rings is 3. The number of aryl methyl sites for hydroxylation is 3. The molecular formula is C82H118BrKN14O16S3. The predicted octanol–water partition coefficient (Wildman–Crippen LogP) is 8.16. The smallest absolute Gasteiger partial charge is 0.812 e. The number of piperidine rings is 3. The quantitative estimate of drug-likeness (QED) is 0.0628. The van der Waals surface area contributed by atoms with Crippen molar-refractivity contribution in [2.75, 3.05) is 96.9 Å². The summed E-state index contributed by atoms with van der Waals surface area (Å²) in [5, 5.41) is 30.5. The van der Waals surface area contributed by atoms with Gasteiger partial charge in [0.1, 0.15) is 57.0 Å². The van der Waals surface area contributed by atoms with Gasteiger partial charge in [-0.1, -0.05) is 65.9 Å². The largest absolute Gasteiger partial charge is 1.00 e. The molecule has 9 aliphatic rings. The fourth-order valence-corrected chi connectivity index (χ4v) is 19.6. The number of carbonyl (C=O) groups excluding carboxylic acids is 5. The van der Waals surface area contributed by atoms with Crippen LogP contribution in [0.3, 0.4) is 0 Å². The van der Waals surface area contributed by atoms with Crippen LogP contribution < -0.4 is 108 Å². The fraction of sp³-hybridized carbons (Fsp3) is 0.598. The first-order chi connectivity index (χ1) is 54.6. The Kier molecular flexibility index (Phi) is 34.6. The molecule has 3 aliphatic carbocycles. The Balaban J connectivity index is 0.000000219. The van der Waals surface area contributed by atoms with E-state index < -0.39 is 64.4 Å². The summed E-state index contributed by atoms with van der Waals surface area (Å²) in [5.74, 6) is 7.09. The number of sulfonamides is 3. The molecule has 0 aromatic heterocycles. The number of hydrogen-bond acceptors (Lipinski definition) is 21. The second-order valence-corrected chi connectivity index (χ2v) is 39.1. The minimum Gasteiger partial charge on any atom is -0.812 e. The number of methoxy groups -OCH3 is 3. The molecule has 117 heavy (non-hydrogen) atoms. The van der Waals surface area contributed by atoms with Gasteiger partial charge < -0.3 is 51.1 Å². The van der Waals surface area contributed by atoms with E-state index in [0.717, 1.165) is 137 Å². The van der Waals surface area contributed by atoms with Crippen LogP contribution in [0, 0.1) is 67.8 Å². The predicted molar refractivity (Wildman–Crippen MR) is 454 cm³/mol. The molecule has 0 unspecified atom stereocenters. The van der Waals surface area contributed by atoms with Crippen LogP contribution in [0.15, 0.2) is 78.7 Å². The van der Waals surface area contributed by atoms with Crippen molar-refractivity contribution in [3.05, 3.63) is 91.5 Å². The number of halogens is 1. The van der Waals surface area contributed by atoms with Gasteiger partial charge in [0.2, 0.25) is 30.1 Å². The number of aliphatic imine (C=N–C) groups is 3. The SMILES string of the molecule is C=CS(=O)(=O)N1CCC2(CC1)N=C(C1CCC(C)CC1)NC2=O.CNc1cc(C)c(/C=C/S(=O)(=O)N2CCC3(CC2)N=C(C2CCC(C)CC2)NC3=O)c(OC)c1.COc1cc(N(C)C(=O)OC(C)(C)C)cc(C)c1Br.COc1cc(N(C)C(N)=O)cc(C)c1/C=C/S(=O)(=O)N1CCC2(CC1)N=C(C1CCC(C)CC1)NC2=O.N#C[O-].[K+]. The second kappa shape index (κ2) is 41.6. The average Bonchev–Trinajstić information content (AvgIpc) is 1.64. The zero-order valence-corrected chi connectivity index (χ0v) is 77.9. The summed E-state index contributed by atoms with van der Waals surface area (Å²) in [5.41, 5.74) is 8.52. The van der Waals surface area contributed by atoms with Crippen molar-refractivity contribution in [2.24, 2.45) is 56.2 Å². The van der Waals surface area contributed by atoms with Crippen molar-refractivity contribution in [3.8, 4) is 23.5 Å². The number of amidine groups is 3. The van der Waals surface area contributed by atoms with Crippen LogP contribution in [0.5, 0.6) is 17.2 Å². The van der Waals surface area contributed by atoms with Crippen LogP contribution in [-0.2, 0) is 49.2 Å². The minimum atomic E-state index is -3.73. The Morgan fingerprint density at radius 1 is 0.581 bits per heavy atom. The van der Waals surface area contributed by atoms with Crippen LogP contribution in [0.25, 0.3) is 12.2 Å². The summed E-state index contributed by atoms with van der Waals surface area (Å²) < 4.78 is 103. The van der Waals surface area contributed by atoms with Gasteiger partial charge in [0.25, 0.3) is 17.7 Å². The van der Waals surface area contributed by atoms with Gasteiger partial charge in [-0.15, -0.1) is 0 Å². The molecule has 35 heteroatoms. The average molecular weight is 1770 g/mol. The fourth-order valence-electron chi connectivity index (χ4n) is 16.0. The summed E-state index contributed by atoms with van der Waals surface area (Å²) >= 11 is 3.45. The minimum absolute atomic E-state index is 0. The van der Waals surface area contributed by atoms with Crippen LogP contribution >= 0.6 is 15.9 Å². The summed E-state index contributed by atoms with van der Waals surface area (Å²) in [6.45, 7) is 23.0. The van der Waals surface area contributed by atoms with E-state index >= 15 is 0 Å². The Labute approximate surface area is 742 Å². The molecule has 0 atom stereocenters. The van der Waals surface area contributed by atoms with E-state index in [4.69, 9.17) is 50.0 Å². The molecule has 0 radical (unpaired) electrons. The topological polar surface area (TPSA) is 399 Å². The third-order valence-electron chi connectivity index (χ3n) is 23.6. The maximum atomic E-state index is 13.2. The molecule has 3 saturated carbocycles. The molecular weight excluding hydrogens is 1650 g/mol. The van der Waals surface area contributed by atoms with Crippen LogP contribution in [0.1, 0.15) is 185 Å². The van der Waals surface area contributed by atoms with Gasteiger partial charge >= 0.3 is 63.5 Å². The number of nitriles is 1. The van der Waals surface area contributed by atoms with Crippen molar-refractivity contribution in [2.45, 2.75) is 200 Å². The van der Waals surface area contributed by atoms with Crippen molar-refractivity contribution in [3.63, 3.8) is 0 Å². The Morgan fingerprint density at radius 2 is 0.897 bits per heavy atom. The van der Waals surface area contributed by atoms with E-state index in [1.165, 1.54) is 59.6 Å². The summed E-state index contributed by atoms with van der Waals surface area (Å²) in [6.07, 6.45) is 18.9. The van der Waals surface area contributed by atoms with Gasteiger partial charge in [-0.05, 0) is 199 Å². The van der Waals surface area contributed by atoms with E-state index in [1.54, 1.807) is 59.5 Å². The van der Waals surface area contributed by atoms with E-state index in [2.05, 4.69) is 64.5 Å². The number of urea groups is 1. The van der Waals surface area contributed by atoms with E-state index in [1.807, 2.05) is 59.9 Å².